The van der Waals surface area contributed by atoms with Crippen molar-refractivity contribution in [2.24, 2.45) is 0 Å². The highest BCUT2D eigenvalue weighted by molar-refractivity contribution is 7.12. The van der Waals surface area contributed by atoms with Crippen LogP contribution in [-0.4, -0.2) is 34.5 Å². The third kappa shape index (κ3) is 3.32. The van der Waals surface area contributed by atoms with Crippen LogP contribution in [0.4, 0.5) is 0 Å². The van der Waals surface area contributed by atoms with E-state index in [1.54, 1.807) is 11.8 Å². The lowest BCUT2D eigenvalue weighted by atomic mass is 10.1. The molecule has 0 bridgehead atoms. The second-order valence-corrected chi connectivity index (χ2v) is 5.08. The molecule has 0 saturated heterocycles. The Labute approximate surface area is 111 Å². The number of hydrogen-bond acceptors (Lipinski definition) is 3. The molecule has 18 heavy (non-hydrogen) atoms. The number of aryl methyl sites for hydroxylation is 1. The first-order chi connectivity index (χ1) is 8.51. The number of amides is 1. The number of carbonyl (C=O) groups excluding carboxylic acids is 1. The molecule has 1 aromatic heterocycles. The number of aliphatic carboxylic acids is 1. The summed E-state index contributed by atoms with van der Waals surface area (Å²) < 4.78 is 0. The van der Waals surface area contributed by atoms with Crippen LogP contribution in [0.25, 0.3) is 0 Å². The highest BCUT2D eigenvalue weighted by Gasteiger charge is 2.24. The predicted octanol–water partition coefficient (Wildman–Crippen LogP) is 2.64. The average molecular weight is 269 g/mol. The van der Waals surface area contributed by atoms with Crippen molar-refractivity contribution < 1.29 is 14.7 Å². The van der Waals surface area contributed by atoms with Gasteiger partial charge in [0.2, 0.25) is 0 Å². The van der Waals surface area contributed by atoms with E-state index in [-0.39, 0.29) is 18.4 Å². The van der Waals surface area contributed by atoms with Crippen molar-refractivity contribution >= 4 is 23.2 Å². The maximum atomic E-state index is 12.4. The van der Waals surface area contributed by atoms with Crippen LogP contribution < -0.4 is 0 Å². The molecule has 1 aromatic rings. The van der Waals surface area contributed by atoms with E-state index in [0.29, 0.717) is 6.54 Å². The molecule has 100 valence electrons. The Hall–Kier alpha value is -1.36. The zero-order chi connectivity index (χ0) is 13.7. The fourth-order valence-corrected chi connectivity index (χ4v) is 2.90. The second kappa shape index (κ2) is 6.54. The zero-order valence-electron chi connectivity index (χ0n) is 11.0. The largest absolute Gasteiger partial charge is 0.481 e. The van der Waals surface area contributed by atoms with Gasteiger partial charge in [0.25, 0.3) is 5.91 Å². The Balaban J connectivity index is 2.88. The van der Waals surface area contributed by atoms with Gasteiger partial charge in [-0.3, -0.25) is 9.59 Å². The minimum absolute atomic E-state index is 0.0214. The highest BCUT2D eigenvalue weighted by atomic mass is 32.1. The molecule has 0 aliphatic carbocycles. The lowest BCUT2D eigenvalue weighted by Crippen LogP contribution is -2.39. The van der Waals surface area contributed by atoms with Crippen LogP contribution in [0.15, 0.2) is 11.4 Å². The van der Waals surface area contributed by atoms with Crippen LogP contribution in [0.1, 0.15) is 42.4 Å². The van der Waals surface area contributed by atoms with Gasteiger partial charge in [-0.25, -0.2) is 0 Å². The Kier molecular flexibility index (Phi) is 5.34. The number of rotatable bonds is 6. The molecule has 1 rings (SSSR count). The summed E-state index contributed by atoms with van der Waals surface area (Å²) in [7, 11) is 0. The number of nitrogens with zero attached hydrogens (tertiary/aromatic N) is 1. The molecule has 0 fully saturated rings. The van der Waals surface area contributed by atoms with Gasteiger partial charge in [0.05, 0.1) is 11.3 Å². The van der Waals surface area contributed by atoms with Gasteiger partial charge in [0.15, 0.2) is 0 Å². The Morgan fingerprint density at radius 1 is 1.44 bits per heavy atom. The van der Waals surface area contributed by atoms with Gasteiger partial charge in [0, 0.05) is 12.6 Å². The number of carboxylic acids is 1. The molecule has 5 heteroatoms. The minimum Gasteiger partial charge on any atom is -0.481 e. The fraction of sp³-hybridized carbons (Fsp3) is 0.538. The van der Waals surface area contributed by atoms with Crippen LogP contribution in [0.2, 0.25) is 0 Å². The molecule has 1 N–H and O–H groups in total. The van der Waals surface area contributed by atoms with Crippen LogP contribution in [0.3, 0.4) is 0 Å². The smallest absolute Gasteiger partial charge is 0.305 e. The van der Waals surface area contributed by atoms with Gasteiger partial charge < -0.3 is 10.0 Å². The molecule has 0 aliphatic heterocycles. The van der Waals surface area contributed by atoms with Crippen LogP contribution in [0, 0.1) is 0 Å². The topological polar surface area (TPSA) is 57.6 Å². The molecule has 4 nitrogen and oxygen atoms in total. The quantitative estimate of drug-likeness (QED) is 0.863. The summed E-state index contributed by atoms with van der Waals surface area (Å²) in [6.07, 6.45) is 0.794. The average Bonchev–Trinajstić information content (AvgIpc) is 2.76. The van der Waals surface area contributed by atoms with E-state index in [1.165, 1.54) is 11.3 Å². The maximum Gasteiger partial charge on any atom is 0.305 e. The van der Waals surface area contributed by atoms with Crippen molar-refractivity contribution in [3.8, 4) is 0 Å². The number of hydrogen-bond donors (Lipinski definition) is 1. The third-order valence-corrected chi connectivity index (χ3v) is 3.87. The standard InChI is InChI=1S/C13H19NO3S/c1-4-10-6-7-18-12(10)13(17)14(5-2)9(3)8-11(15)16/h6-7,9H,4-5,8H2,1-3H3,(H,15,16). The molecule has 0 saturated carbocycles. The van der Waals surface area contributed by atoms with E-state index < -0.39 is 5.97 Å². The number of carboxylic acid groups (broad SMARTS) is 1. The van der Waals surface area contributed by atoms with Crippen molar-refractivity contribution in [1.29, 1.82) is 0 Å². The van der Waals surface area contributed by atoms with E-state index in [2.05, 4.69) is 0 Å². The molecule has 0 aromatic carbocycles. The first kappa shape index (κ1) is 14.7. The molecule has 1 heterocycles. The van der Waals surface area contributed by atoms with Crippen LogP contribution in [-0.2, 0) is 11.2 Å². The Morgan fingerprint density at radius 3 is 2.61 bits per heavy atom. The minimum atomic E-state index is -0.879. The zero-order valence-corrected chi connectivity index (χ0v) is 11.8. The van der Waals surface area contributed by atoms with E-state index in [0.717, 1.165) is 16.9 Å². The van der Waals surface area contributed by atoms with Crippen molar-refractivity contribution in [3.63, 3.8) is 0 Å². The monoisotopic (exact) mass is 269 g/mol. The summed E-state index contributed by atoms with van der Waals surface area (Å²) in [6, 6.07) is 1.67. The molecule has 1 unspecified atom stereocenters. The van der Waals surface area contributed by atoms with Gasteiger partial charge in [0.1, 0.15) is 0 Å². The summed E-state index contributed by atoms with van der Waals surface area (Å²) in [4.78, 5) is 25.5. The van der Waals surface area contributed by atoms with Crippen LogP contribution >= 0.6 is 11.3 Å². The molecular weight excluding hydrogens is 250 g/mol. The van der Waals surface area contributed by atoms with E-state index in [1.807, 2.05) is 25.3 Å². The fourth-order valence-electron chi connectivity index (χ4n) is 1.95. The van der Waals surface area contributed by atoms with Crippen LogP contribution in [0.5, 0.6) is 0 Å². The van der Waals surface area contributed by atoms with Gasteiger partial charge in [-0.2, -0.15) is 0 Å². The predicted molar refractivity (Wildman–Crippen MR) is 72.1 cm³/mol. The Bertz CT molecular complexity index is 428. The Morgan fingerprint density at radius 2 is 2.11 bits per heavy atom. The molecule has 1 atom stereocenters. The molecule has 0 aliphatic rings. The van der Waals surface area contributed by atoms with Gasteiger partial charge in [-0.15, -0.1) is 11.3 Å². The summed E-state index contributed by atoms with van der Waals surface area (Å²) in [5.41, 5.74) is 1.03. The van der Waals surface area contributed by atoms with E-state index in [4.69, 9.17) is 5.11 Å². The molecule has 0 spiro atoms. The summed E-state index contributed by atoms with van der Waals surface area (Å²) >= 11 is 1.42. The van der Waals surface area contributed by atoms with Gasteiger partial charge >= 0.3 is 5.97 Å². The maximum absolute atomic E-state index is 12.4. The lowest BCUT2D eigenvalue weighted by Gasteiger charge is -2.27. The summed E-state index contributed by atoms with van der Waals surface area (Å²) in [5.74, 6) is -0.936. The lowest BCUT2D eigenvalue weighted by molar-refractivity contribution is -0.138. The van der Waals surface area contributed by atoms with Crippen molar-refractivity contribution in [3.05, 3.63) is 21.9 Å². The summed E-state index contributed by atoms with van der Waals surface area (Å²) in [6.45, 7) is 6.17. The molecular formula is C13H19NO3S. The SMILES string of the molecule is CCc1ccsc1C(=O)N(CC)C(C)CC(=O)O. The number of thiophene rings is 1. The molecule has 1 amide bonds. The first-order valence-electron chi connectivity index (χ1n) is 6.10. The second-order valence-electron chi connectivity index (χ2n) is 4.17. The van der Waals surface area contributed by atoms with Gasteiger partial charge in [-0.05, 0) is 37.3 Å². The molecule has 0 radical (unpaired) electrons. The number of carbonyl (C=O) groups is 2. The normalized spacial score (nSPS) is 12.2. The van der Waals surface area contributed by atoms with Crippen molar-refractivity contribution in [2.45, 2.75) is 39.7 Å². The van der Waals surface area contributed by atoms with E-state index in [9.17, 15) is 9.59 Å². The summed E-state index contributed by atoms with van der Waals surface area (Å²) in [5, 5.41) is 10.7. The van der Waals surface area contributed by atoms with Crippen molar-refractivity contribution in [2.75, 3.05) is 6.54 Å². The third-order valence-electron chi connectivity index (χ3n) is 2.93. The van der Waals surface area contributed by atoms with E-state index >= 15 is 0 Å². The van der Waals surface area contributed by atoms with Crippen molar-refractivity contribution in [1.82, 2.24) is 4.90 Å². The highest BCUT2D eigenvalue weighted by Crippen LogP contribution is 2.21. The first-order valence-corrected chi connectivity index (χ1v) is 6.98. The van der Waals surface area contributed by atoms with Gasteiger partial charge in [-0.1, -0.05) is 6.92 Å².